The first kappa shape index (κ1) is 25.2. The number of hydrogen-bond donors (Lipinski definition) is 3. The Hall–Kier alpha value is -3.39. The highest BCUT2D eigenvalue weighted by molar-refractivity contribution is 6.41. The van der Waals surface area contributed by atoms with Gasteiger partial charge in [0.1, 0.15) is 17.1 Å². The second kappa shape index (κ2) is 10.7. The number of rotatable bonds is 7. The van der Waals surface area contributed by atoms with Gasteiger partial charge in [0.15, 0.2) is 0 Å². The number of nitrogens with one attached hydrogen (secondary N) is 1. The lowest BCUT2D eigenvalue weighted by Crippen LogP contribution is -2.39. The molecule has 3 aromatic carbocycles. The third kappa shape index (κ3) is 5.07. The van der Waals surface area contributed by atoms with E-state index in [0.717, 1.165) is 16.5 Å². The van der Waals surface area contributed by atoms with Crippen LogP contribution < -0.4 is 20.4 Å². The maximum absolute atomic E-state index is 12.6. The average Bonchev–Trinajstić information content (AvgIpc) is 2.82. The van der Waals surface area contributed by atoms with Crippen molar-refractivity contribution in [2.75, 3.05) is 24.7 Å². The molecule has 0 bridgehead atoms. The summed E-state index contributed by atoms with van der Waals surface area (Å²) in [5, 5.41) is 15.5. The fourth-order valence-electron chi connectivity index (χ4n) is 4.02. The van der Waals surface area contributed by atoms with Crippen LogP contribution in [-0.2, 0) is 4.74 Å². The third-order valence-electron chi connectivity index (χ3n) is 5.52. The van der Waals surface area contributed by atoms with Crippen LogP contribution in [0.5, 0.6) is 11.5 Å². The standard InChI is InChI=1S/C24H26BN2O5.C2H6/c1-24(2)31-22-16(10-11-19(30-3)21(22)23(29)32-24)15(13-28)12-25-27-18-9-5-7-14-6-4-8-17(26)20(14)18;1-2/h4-11,15,27-28H,12-13,26H2,1-3H3;1-2H3. The van der Waals surface area contributed by atoms with Crippen molar-refractivity contribution < 1.29 is 24.1 Å². The van der Waals surface area contributed by atoms with Gasteiger partial charge in [-0.05, 0) is 29.9 Å². The van der Waals surface area contributed by atoms with Crippen LogP contribution in [0.1, 0.15) is 49.5 Å². The van der Waals surface area contributed by atoms with Crippen molar-refractivity contribution in [3.8, 4) is 11.5 Å². The van der Waals surface area contributed by atoms with E-state index in [-0.39, 0.29) is 18.1 Å². The molecule has 0 spiro atoms. The molecule has 179 valence electrons. The summed E-state index contributed by atoms with van der Waals surface area (Å²) in [5.41, 5.74) is 8.70. The monoisotopic (exact) mass is 463 g/mol. The van der Waals surface area contributed by atoms with E-state index < -0.39 is 11.8 Å². The summed E-state index contributed by atoms with van der Waals surface area (Å²) in [4.78, 5) is 12.6. The van der Waals surface area contributed by atoms with Crippen LogP contribution in [0, 0.1) is 0 Å². The lowest BCUT2D eigenvalue weighted by molar-refractivity contribution is -0.128. The highest BCUT2D eigenvalue weighted by Gasteiger charge is 2.38. The molecule has 1 unspecified atom stereocenters. The number of aliphatic hydroxyl groups excluding tert-OH is 1. The number of carbonyl (C=O) groups is 1. The van der Waals surface area contributed by atoms with Gasteiger partial charge >= 0.3 is 5.97 Å². The molecule has 4 N–H and O–H groups in total. The number of nitrogen functional groups attached to an aromatic ring is 1. The molecule has 1 heterocycles. The molecule has 1 atom stereocenters. The molecule has 1 radical (unpaired) electrons. The average molecular weight is 463 g/mol. The van der Waals surface area contributed by atoms with Crippen LogP contribution in [0.4, 0.5) is 11.4 Å². The van der Waals surface area contributed by atoms with Gasteiger partial charge in [0, 0.05) is 48.7 Å². The van der Waals surface area contributed by atoms with Crippen molar-refractivity contribution in [1.29, 1.82) is 0 Å². The number of methoxy groups -OCH3 is 1. The maximum atomic E-state index is 12.6. The van der Waals surface area contributed by atoms with Gasteiger partial charge in [0.05, 0.1) is 7.11 Å². The first-order chi connectivity index (χ1) is 16.3. The number of carbonyl (C=O) groups excluding carboxylic acids is 1. The number of hydrogen-bond acceptors (Lipinski definition) is 7. The molecule has 1 aliphatic heterocycles. The van der Waals surface area contributed by atoms with Crippen molar-refractivity contribution in [2.24, 2.45) is 0 Å². The second-order valence-electron chi connectivity index (χ2n) is 8.17. The molecule has 7 nitrogen and oxygen atoms in total. The lowest BCUT2D eigenvalue weighted by atomic mass is 9.77. The summed E-state index contributed by atoms with van der Waals surface area (Å²) < 4.78 is 16.7. The summed E-state index contributed by atoms with van der Waals surface area (Å²) >= 11 is 0. The van der Waals surface area contributed by atoms with Crippen LogP contribution in [0.2, 0.25) is 6.32 Å². The molecule has 0 aromatic heterocycles. The van der Waals surface area contributed by atoms with Crippen LogP contribution in [0.15, 0.2) is 48.5 Å². The molecule has 0 saturated carbocycles. The molecular weight excluding hydrogens is 431 g/mol. The predicted molar refractivity (Wildman–Crippen MR) is 137 cm³/mol. The zero-order valence-electron chi connectivity index (χ0n) is 20.3. The molecule has 3 aromatic rings. The highest BCUT2D eigenvalue weighted by Crippen LogP contribution is 2.43. The van der Waals surface area contributed by atoms with Crippen LogP contribution in [0.3, 0.4) is 0 Å². The van der Waals surface area contributed by atoms with Crippen molar-refractivity contribution in [3.05, 3.63) is 59.7 Å². The second-order valence-corrected chi connectivity index (χ2v) is 8.17. The Balaban J connectivity index is 0.00000158. The summed E-state index contributed by atoms with van der Waals surface area (Å²) in [6.07, 6.45) is 0.483. The van der Waals surface area contributed by atoms with Gasteiger partial charge in [-0.3, -0.25) is 0 Å². The van der Waals surface area contributed by atoms with E-state index >= 15 is 0 Å². The van der Waals surface area contributed by atoms with E-state index in [1.807, 2.05) is 63.7 Å². The van der Waals surface area contributed by atoms with Gasteiger partial charge in [-0.1, -0.05) is 44.2 Å². The van der Waals surface area contributed by atoms with E-state index in [1.165, 1.54) is 7.11 Å². The smallest absolute Gasteiger partial charge is 0.349 e. The number of nitrogens with two attached hydrogens (primary N) is 1. The molecule has 0 saturated heterocycles. The van der Waals surface area contributed by atoms with Crippen molar-refractivity contribution >= 4 is 35.5 Å². The van der Waals surface area contributed by atoms with Crippen molar-refractivity contribution in [2.45, 2.75) is 45.7 Å². The fourth-order valence-corrected chi connectivity index (χ4v) is 4.02. The number of benzene rings is 3. The minimum Gasteiger partial charge on any atom is -0.496 e. The minimum atomic E-state index is -1.12. The quantitative estimate of drug-likeness (QED) is 0.258. The third-order valence-corrected chi connectivity index (χ3v) is 5.52. The molecule has 0 aliphatic carbocycles. The molecule has 4 rings (SSSR count). The Morgan fingerprint density at radius 3 is 2.50 bits per heavy atom. The number of cyclic esters (lactones) is 1. The number of esters is 1. The van der Waals surface area contributed by atoms with Gasteiger partial charge in [-0.15, -0.1) is 0 Å². The van der Waals surface area contributed by atoms with E-state index in [2.05, 4.69) is 5.23 Å². The molecule has 0 fully saturated rings. The van der Waals surface area contributed by atoms with Gasteiger partial charge in [0.2, 0.25) is 13.2 Å². The highest BCUT2D eigenvalue weighted by atomic mass is 16.7. The summed E-state index contributed by atoms with van der Waals surface area (Å²) in [6, 6.07) is 15.2. The topological polar surface area (TPSA) is 103 Å². The van der Waals surface area contributed by atoms with E-state index in [1.54, 1.807) is 19.9 Å². The molecule has 34 heavy (non-hydrogen) atoms. The van der Waals surface area contributed by atoms with E-state index in [4.69, 9.17) is 19.9 Å². The van der Waals surface area contributed by atoms with E-state index in [9.17, 15) is 9.90 Å². The molecule has 8 heteroatoms. The largest absolute Gasteiger partial charge is 0.496 e. The number of ether oxygens (including phenoxy) is 3. The zero-order chi connectivity index (χ0) is 24.9. The Bertz CT molecular complexity index is 1160. The zero-order valence-corrected chi connectivity index (χ0v) is 20.3. The Kier molecular flexibility index (Phi) is 7.94. The predicted octanol–water partition coefficient (Wildman–Crippen LogP) is 4.97. The van der Waals surface area contributed by atoms with Crippen molar-refractivity contribution in [3.63, 3.8) is 0 Å². The first-order valence-electron chi connectivity index (χ1n) is 11.4. The molecule has 1 aliphatic rings. The Morgan fingerprint density at radius 1 is 1.12 bits per heavy atom. The number of fused-ring (bicyclic) bond motifs is 2. The fraction of sp³-hybridized carbons (Fsp3) is 0.346. The van der Waals surface area contributed by atoms with Gasteiger partial charge < -0.3 is 30.3 Å². The normalized spacial score (nSPS) is 14.6. The number of anilines is 2. The van der Waals surface area contributed by atoms with Crippen LogP contribution in [0.25, 0.3) is 10.8 Å². The molecular formula is C26H32BN2O5. The maximum Gasteiger partial charge on any atom is 0.349 e. The summed E-state index contributed by atoms with van der Waals surface area (Å²) in [5.74, 6) is -1.19. The van der Waals surface area contributed by atoms with Gasteiger partial charge in [-0.25, -0.2) is 4.79 Å². The number of aliphatic hydroxyl groups is 1. The molecule has 0 amide bonds. The van der Waals surface area contributed by atoms with E-state index in [0.29, 0.717) is 29.1 Å². The summed E-state index contributed by atoms with van der Waals surface area (Å²) in [7, 11) is 3.37. The van der Waals surface area contributed by atoms with Crippen molar-refractivity contribution in [1.82, 2.24) is 0 Å². The minimum absolute atomic E-state index is 0.131. The van der Waals surface area contributed by atoms with Gasteiger partial charge in [-0.2, -0.15) is 0 Å². The lowest BCUT2D eigenvalue weighted by Gasteiger charge is -2.34. The SMILES string of the molecule is CC.COc1ccc(C(CO)C[B]Nc2cccc3cccc(N)c23)c2c1C(=O)OC(C)(C)O2. The first-order valence-corrected chi connectivity index (χ1v) is 11.4. The Morgan fingerprint density at radius 2 is 1.82 bits per heavy atom. The van der Waals surface area contributed by atoms with Gasteiger partial charge in [0.25, 0.3) is 0 Å². The van der Waals surface area contributed by atoms with Crippen LogP contribution in [-0.4, -0.2) is 38.0 Å². The summed E-state index contributed by atoms with van der Waals surface area (Å²) in [6.45, 7) is 7.21. The van der Waals surface area contributed by atoms with Crippen LogP contribution >= 0.6 is 0 Å². The Labute approximate surface area is 201 Å².